The largest absolute Gasteiger partial charge is 0.495 e. The lowest BCUT2D eigenvalue weighted by atomic mass is 10.2. The van der Waals surface area contributed by atoms with E-state index in [1.807, 2.05) is 24.3 Å². The van der Waals surface area contributed by atoms with Crippen molar-refractivity contribution in [2.45, 2.75) is 11.8 Å². The van der Waals surface area contributed by atoms with Gasteiger partial charge in [-0.1, -0.05) is 24.3 Å². The Labute approximate surface area is 154 Å². The summed E-state index contributed by atoms with van der Waals surface area (Å²) in [6, 6.07) is 11.2. The summed E-state index contributed by atoms with van der Waals surface area (Å²) in [6.45, 7) is 2.08. The molecule has 0 aliphatic carbocycles. The quantitative estimate of drug-likeness (QED) is 0.635. The van der Waals surface area contributed by atoms with Gasteiger partial charge in [0.05, 0.1) is 14.2 Å². The summed E-state index contributed by atoms with van der Waals surface area (Å²) in [4.78, 5) is 18.1. The fraction of sp³-hybridized carbons (Fsp3) is 0.222. The Morgan fingerprint density at radius 2 is 1.96 bits per heavy atom. The van der Waals surface area contributed by atoms with Crippen LogP contribution in [-0.4, -0.2) is 30.9 Å². The zero-order valence-corrected chi connectivity index (χ0v) is 15.8. The van der Waals surface area contributed by atoms with Crippen molar-refractivity contribution >= 4 is 44.4 Å². The monoisotopic (exact) mass is 374 g/mol. The highest BCUT2D eigenvalue weighted by atomic mass is 32.2. The first-order valence-corrected chi connectivity index (χ1v) is 9.52. The maximum Gasteiger partial charge on any atom is 0.257 e. The van der Waals surface area contributed by atoms with Crippen molar-refractivity contribution in [2.24, 2.45) is 0 Å². The van der Waals surface area contributed by atoms with Crippen LogP contribution >= 0.6 is 23.1 Å². The van der Waals surface area contributed by atoms with Crippen molar-refractivity contribution < 1.29 is 14.3 Å². The van der Waals surface area contributed by atoms with Gasteiger partial charge in [-0.2, -0.15) is 0 Å². The number of benzene rings is 2. The molecule has 1 N–H and O–H groups in total. The van der Waals surface area contributed by atoms with Crippen LogP contribution in [0.1, 0.15) is 17.3 Å². The molecule has 2 aromatic carbocycles. The molecule has 0 fully saturated rings. The van der Waals surface area contributed by atoms with E-state index >= 15 is 0 Å². The molecule has 7 heteroatoms. The second-order valence-corrected chi connectivity index (χ2v) is 7.42. The third kappa shape index (κ3) is 3.72. The zero-order valence-electron chi connectivity index (χ0n) is 14.2. The molecule has 1 aromatic heterocycles. The molecular weight excluding hydrogens is 356 g/mol. The molecule has 0 aliphatic heterocycles. The molecular formula is C18H18N2O3S2. The van der Waals surface area contributed by atoms with E-state index in [2.05, 4.69) is 17.2 Å². The standard InChI is InChI=1S/C18H18N2O3S2/c1-4-24-12-7-5-6-11(10-12)17(21)20-18-19-15-13(22-2)8-9-14(23-3)16(15)25-18/h5-10H,4H2,1-3H3,(H,19,20,21). The Balaban J connectivity index is 1.90. The number of aromatic nitrogens is 1. The predicted molar refractivity (Wildman–Crippen MR) is 104 cm³/mol. The molecule has 0 atom stereocenters. The molecule has 0 saturated heterocycles. The Morgan fingerprint density at radius 3 is 2.68 bits per heavy atom. The highest BCUT2D eigenvalue weighted by Gasteiger charge is 2.16. The molecule has 5 nitrogen and oxygen atoms in total. The van der Waals surface area contributed by atoms with Crippen LogP contribution in [0, 0.1) is 0 Å². The number of anilines is 1. The maximum atomic E-state index is 12.5. The molecule has 0 unspecified atom stereocenters. The molecule has 0 spiro atoms. The van der Waals surface area contributed by atoms with Crippen molar-refractivity contribution in [2.75, 3.05) is 25.3 Å². The molecule has 3 rings (SSSR count). The lowest BCUT2D eigenvalue weighted by Crippen LogP contribution is -2.11. The van der Waals surface area contributed by atoms with Crippen LogP contribution in [0.3, 0.4) is 0 Å². The summed E-state index contributed by atoms with van der Waals surface area (Å²) in [6.07, 6.45) is 0. The minimum Gasteiger partial charge on any atom is -0.495 e. The number of hydrogen-bond donors (Lipinski definition) is 1. The van der Waals surface area contributed by atoms with Crippen molar-refractivity contribution in [3.05, 3.63) is 42.0 Å². The van der Waals surface area contributed by atoms with Gasteiger partial charge in [-0.3, -0.25) is 10.1 Å². The molecule has 1 heterocycles. The first-order chi connectivity index (χ1) is 12.2. The first-order valence-electron chi connectivity index (χ1n) is 7.72. The van der Waals surface area contributed by atoms with E-state index in [-0.39, 0.29) is 5.91 Å². The van der Waals surface area contributed by atoms with Crippen molar-refractivity contribution in [3.63, 3.8) is 0 Å². The second-order valence-electron chi connectivity index (χ2n) is 5.08. The lowest BCUT2D eigenvalue weighted by Gasteiger charge is -2.04. The highest BCUT2D eigenvalue weighted by molar-refractivity contribution is 7.99. The minimum absolute atomic E-state index is 0.185. The number of amides is 1. The van der Waals surface area contributed by atoms with E-state index in [0.29, 0.717) is 27.7 Å². The minimum atomic E-state index is -0.185. The van der Waals surface area contributed by atoms with Crippen molar-refractivity contribution in [1.29, 1.82) is 0 Å². The Hall–Kier alpha value is -2.25. The summed E-state index contributed by atoms with van der Waals surface area (Å²) in [5.41, 5.74) is 1.29. The third-order valence-electron chi connectivity index (χ3n) is 3.54. The van der Waals surface area contributed by atoms with E-state index in [9.17, 15) is 4.79 Å². The molecule has 0 radical (unpaired) electrons. The van der Waals surface area contributed by atoms with Gasteiger partial charge in [-0.15, -0.1) is 11.8 Å². The molecule has 1 amide bonds. The third-order valence-corrected chi connectivity index (χ3v) is 5.40. The van der Waals surface area contributed by atoms with Gasteiger partial charge in [0.15, 0.2) is 5.13 Å². The fourth-order valence-electron chi connectivity index (χ4n) is 2.40. The zero-order chi connectivity index (χ0) is 17.8. The van der Waals surface area contributed by atoms with Crippen LogP contribution < -0.4 is 14.8 Å². The van der Waals surface area contributed by atoms with Gasteiger partial charge in [0, 0.05) is 10.5 Å². The summed E-state index contributed by atoms with van der Waals surface area (Å²) < 4.78 is 11.6. The van der Waals surface area contributed by atoms with Crippen LogP contribution in [0.2, 0.25) is 0 Å². The molecule has 130 valence electrons. The van der Waals surface area contributed by atoms with Crippen LogP contribution in [0.5, 0.6) is 11.5 Å². The van der Waals surface area contributed by atoms with Gasteiger partial charge in [0.2, 0.25) is 0 Å². The molecule has 25 heavy (non-hydrogen) atoms. The highest BCUT2D eigenvalue weighted by Crippen LogP contribution is 2.38. The predicted octanol–water partition coefficient (Wildman–Crippen LogP) is 4.68. The summed E-state index contributed by atoms with van der Waals surface area (Å²) >= 11 is 3.06. The van der Waals surface area contributed by atoms with Gasteiger partial charge < -0.3 is 9.47 Å². The maximum absolute atomic E-state index is 12.5. The Morgan fingerprint density at radius 1 is 1.20 bits per heavy atom. The van der Waals surface area contributed by atoms with Gasteiger partial charge in [-0.25, -0.2) is 4.98 Å². The van der Waals surface area contributed by atoms with Gasteiger partial charge in [0.1, 0.15) is 21.7 Å². The average Bonchev–Trinajstić information content (AvgIpc) is 3.05. The normalized spacial score (nSPS) is 10.7. The number of nitrogens with one attached hydrogen (secondary N) is 1. The van der Waals surface area contributed by atoms with Crippen LogP contribution in [0.25, 0.3) is 10.2 Å². The topological polar surface area (TPSA) is 60.5 Å². The first kappa shape index (κ1) is 17.6. The van der Waals surface area contributed by atoms with Crippen LogP contribution in [0.4, 0.5) is 5.13 Å². The number of carbonyl (C=O) groups excluding carboxylic acids is 1. The summed E-state index contributed by atoms with van der Waals surface area (Å²) in [5.74, 6) is 2.13. The number of thioether (sulfide) groups is 1. The average molecular weight is 374 g/mol. The van der Waals surface area contributed by atoms with Crippen LogP contribution in [-0.2, 0) is 0 Å². The Bertz CT molecular complexity index is 867. The van der Waals surface area contributed by atoms with Gasteiger partial charge >= 0.3 is 0 Å². The fourth-order valence-corrected chi connectivity index (χ4v) is 4.09. The lowest BCUT2D eigenvalue weighted by molar-refractivity contribution is 0.102. The van der Waals surface area contributed by atoms with Gasteiger partial charge in [0.25, 0.3) is 5.91 Å². The smallest absolute Gasteiger partial charge is 0.257 e. The number of rotatable bonds is 6. The molecule has 0 saturated carbocycles. The van der Waals surface area contributed by atoms with E-state index in [1.165, 1.54) is 11.3 Å². The number of fused-ring (bicyclic) bond motifs is 1. The number of methoxy groups -OCH3 is 2. The number of carbonyl (C=O) groups is 1. The molecule has 0 aliphatic rings. The van der Waals surface area contributed by atoms with E-state index in [0.717, 1.165) is 15.3 Å². The van der Waals surface area contributed by atoms with E-state index in [1.54, 1.807) is 38.1 Å². The molecule has 0 bridgehead atoms. The summed E-state index contributed by atoms with van der Waals surface area (Å²) in [7, 11) is 3.20. The number of hydrogen-bond acceptors (Lipinski definition) is 6. The number of nitrogens with zero attached hydrogens (tertiary/aromatic N) is 1. The molecule has 3 aromatic rings. The van der Waals surface area contributed by atoms with Gasteiger partial charge in [-0.05, 0) is 36.1 Å². The second kappa shape index (κ2) is 7.76. The van der Waals surface area contributed by atoms with E-state index < -0.39 is 0 Å². The van der Waals surface area contributed by atoms with Crippen molar-refractivity contribution in [1.82, 2.24) is 4.98 Å². The van der Waals surface area contributed by atoms with Crippen molar-refractivity contribution in [3.8, 4) is 11.5 Å². The summed E-state index contributed by atoms with van der Waals surface area (Å²) in [5, 5.41) is 3.38. The number of ether oxygens (including phenoxy) is 2. The Kier molecular flexibility index (Phi) is 5.45. The van der Waals surface area contributed by atoms with E-state index in [4.69, 9.17) is 9.47 Å². The van der Waals surface area contributed by atoms with Crippen LogP contribution in [0.15, 0.2) is 41.3 Å². The SMILES string of the molecule is CCSc1cccc(C(=O)Nc2nc3c(OC)ccc(OC)c3s2)c1. The number of thiazole rings is 1.